The lowest BCUT2D eigenvalue weighted by atomic mass is 9.86. The Balaban J connectivity index is 0.000000217. The molecule has 2 heterocycles. The molecular weight excluding hydrogens is 329 g/mol. The van der Waals surface area contributed by atoms with Crippen molar-refractivity contribution in [1.82, 2.24) is 5.32 Å². The molecule has 10 heteroatoms. The number of nitrogens with one attached hydrogen (secondary N) is 2. The van der Waals surface area contributed by atoms with E-state index in [9.17, 15) is 18.0 Å². The molecular formula is C12H10ClF3N2O4. The Morgan fingerprint density at radius 3 is 2.41 bits per heavy atom. The van der Waals surface area contributed by atoms with Crippen LogP contribution in [0.15, 0.2) is 18.2 Å². The van der Waals surface area contributed by atoms with Crippen LogP contribution < -0.4 is 10.6 Å². The zero-order chi connectivity index (χ0) is 16.5. The molecule has 2 aliphatic rings. The Morgan fingerprint density at radius 2 is 1.95 bits per heavy atom. The molecule has 0 saturated carbocycles. The summed E-state index contributed by atoms with van der Waals surface area (Å²) in [4.78, 5) is 20.2. The molecule has 1 aromatic rings. The molecule has 22 heavy (non-hydrogen) atoms. The summed E-state index contributed by atoms with van der Waals surface area (Å²) >= 11 is 5.87. The fourth-order valence-corrected chi connectivity index (χ4v) is 2.17. The lowest BCUT2D eigenvalue weighted by molar-refractivity contribution is -0.192. The van der Waals surface area contributed by atoms with Gasteiger partial charge in [0.25, 0.3) is 0 Å². The molecule has 0 aromatic heterocycles. The van der Waals surface area contributed by atoms with Crippen molar-refractivity contribution in [3.8, 4) is 0 Å². The van der Waals surface area contributed by atoms with Crippen molar-refractivity contribution < 1.29 is 32.6 Å². The van der Waals surface area contributed by atoms with E-state index in [4.69, 9.17) is 26.2 Å². The van der Waals surface area contributed by atoms with Crippen LogP contribution >= 0.6 is 11.6 Å². The zero-order valence-electron chi connectivity index (χ0n) is 10.8. The minimum absolute atomic E-state index is 0.411. The van der Waals surface area contributed by atoms with Crippen LogP contribution in [-0.4, -0.2) is 36.4 Å². The van der Waals surface area contributed by atoms with Crippen LogP contribution in [0.25, 0.3) is 0 Å². The average Bonchev–Trinajstić information content (AvgIpc) is 2.34. The van der Waals surface area contributed by atoms with Crippen molar-refractivity contribution in [3.05, 3.63) is 28.8 Å². The van der Waals surface area contributed by atoms with Crippen LogP contribution in [0.3, 0.4) is 0 Å². The fourth-order valence-electron chi connectivity index (χ4n) is 2.00. The molecule has 3 N–H and O–H groups in total. The summed E-state index contributed by atoms with van der Waals surface area (Å²) in [5.41, 5.74) is 1.26. The molecule has 0 atom stereocenters. The quantitative estimate of drug-likeness (QED) is 0.676. The first-order valence-electron chi connectivity index (χ1n) is 5.95. The van der Waals surface area contributed by atoms with Gasteiger partial charge in [-0.3, -0.25) is 5.32 Å². The summed E-state index contributed by atoms with van der Waals surface area (Å²) in [6.45, 7) is 1.32. The van der Waals surface area contributed by atoms with Crippen molar-refractivity contribution in [2.45, 2.75) is 11.8 Å². The maximum atomic E-state index is 11.3. The Bertz CT molecular complexity index is 617. The molecule has 6 nitrogen and oxygen atoms in total. The van der Waals surface area contributed by atoms with Gasteiger partial charge in [-0.1, -0.05) is 17.7 Å². The summed E-state index contributed by atoms with van der Waals surface area (Å²) in [6, 6.07) is 5.45. The van der Waals surface area contributed by atoms with Crippen molar-refractivity contribution in [1.29, 1.82) is 0 Å². The summed E-state index contributed by atoms with van der Waals surface area (Å²) in [5.74, 6) is -2.76. The van der Waals surface area contributed by atoms with Gasteiger partial charge in [-0.2, -0.15) is 13.2 Å². The van der Waals surface area contributed by atoms with Crippen LogP contribution in [-0.2, 0) is 15.1 Å². The van der Waals surface area contributed by atoms with Gasteiger partial charge >= 0.3 is 18.2 Å². The number of halogens is 4. The first-order valence-corrected chi connectivity index (χ1v) is 6.33. The number of aliphatic carboxylic acids is 1. The molecule has 2 aliphatic heterocycles. The van der Waals surface area contributed by atoms with E-state index < -0.39 is 23.8 Å². The minimum atomic E-state index is -5.08. The topological polar surface area (TPSA) is 87.7 Å². The van der Waals surface area contributed by atoms with E-state index in [1.54, 1.807) is 12.1 Å². The third-order valence-corrected chi connectivity index (χ3v) is 3.30. The number of amides is 1. The number of ether oxygens (including phenoxy) is 1. The van der Waals surface area contributed by atoms with Gasteiger partial charge in [0.05, 0.1) is 5.69 Å². The highest BCUT2D eigenvalue weighted by atomic mass is 35.5. The van der Waals surface area contributed by atoms with E-state index in [1.165, 1.54) is 0 Å². The minimum Gasteiger partial charge on any atom is -0.475 e. The number of carbonyl (C=O) groups excluding carboxylic acids is 1. The van der Waals surface area contributed by atoms with Crippen molar-refractivity contribution in [2.24, 2.45) is 0 Å². The predicted octanol–water partition coefficient (Wildman–Crippen LogP) is 2.33. The fraction of sp³-hybridized carbons (Fsp3) is 0.333. The average molecular weight is 339 g/mol. The van der Waals surface area contributed by atoms with Crippen molar-refractivity contribution >= 4 is 29.4 Å². The van der Waals surface area contributed by atoms with Crippen LogP contribution in [0.4, 0.5) is 23.7 Å². The van der Waals surface area contributed by atoms with E-state index in [0.29, 0.717) is 18.1 Å². The van der Waals surface area contributed by atoms with Crippen LogP contribution in [0.5, 0.6) is 0 Å². The standard InChI is InChI=1S/C10H9ClN2O2.C2HF3O2/c11-6-1-2-7-8(3-6)13-9(14)15-10(7)4-12-5-10;3-2(4,5)1(6)7/h1-3,12H,4-5H2,(H,13,14);(H,6,7). The first-order chi connectivity index (χ1) is 10.1. The largest absolute Gasteiger partial charge is 0.490 e. The van der Waals surface area contributed by atoms with Gasteiger partial charge in [-0.05, 0) is 12.1 Å². The molecule has 1 aromatic carbocycles. The predicted molar refractivity (Wildman–Crippen MR) is 69.8 cm³/mol. The number of anilines is 1. The van der Waals surface area contributed by atoms with Gasteiger partial charge < -0.3 is 15.2 Å². The molecule has 1 amide bonds. The van der Waals surface area contributed by atoms with Crippen molar-refractivity contribution in [2.75, 3.05) is 18.4 Å². The number of hydrogen-bond acceptors (Lipinski definition) is 4. The maximum absolute atomic E-state index is 11.3. The highest BCUT2D eigenvalue weighted by molar-refractivity contribution is 6.31. The smallest absolute Gasteiger partial charge is 0.475 e. The summed E-state index contributed by atoms with van der Waals surface area (Å²) < 4.78 is 37.1. The number of carboxylic acids is 1. The molecule has 1 spiro atoms. The molecule has 120 valence electrons. The van der Waals surface area contributed by atoms with Gasteiger partial charge in [0.15, 0.2) is 5.60 Å². The number of alkyl halides is 3. The SMILES string of the molecule is O=C(O)C(F)(F)F.O=C1Nc2cc(Cl)ccc2C2(CNC2)O1. The second kappa shape index (κ2) is 5.65. The highest BCUT2D eigenvalue weighted by Crippen LogP contribution is 2.39. The number of fused-ring (bicyclic) bond motifs is 2. The monoisotopic (exact) mass is 338 g/mol. The Hall–Kier alpha value is -2.00. The van der Waals surface area contributed by atoms with Crippen LogP contribution in [0.1, 0.15) is 5.56 Å². The Morgan fingerprint density at radius 1 is 1.36 bits per heavy atom. The molecule has 1 saturated heterocycles. The van der Waals surface area contributed by atoms with Crippen molar-refractivity contribution in [3.63, 3.8) is 0 Å². The zero-order valence-corrected chi connectivity index (χ0v) is 11.6. The normalized spacial score (nSPS) is 18.1. The van der Waals surface area contributed by atoms with Crippen LogP contribution in [0, 0.1) is 0 Å². The van der Waals surface area contributed by atoms with Gasteiger partial charge in [0.1, 0.15) is 0 Å². The molecule has 0 aliphatic carbocycles. The highest BCUT2D eigenvalue weighted by Gasteiger charge is 2.47. The second-order valence-corrected chi connectivity index (χ2v) is 5.04. The number of benzene rings is 1. The molecule has 3 rings (SSSR count). The Labute approximate surface area is 127 Å². The lowest BCUT2D eigenvalue weighted by Gasteiger charge is -2.45. The number of hydrogen-bond donors (Lipinski definition) is 3. The maximum Gasteiger partial charge on any atom is 0.490 e. The summed E-state index contributed by atoms with van der Waals surface area (Å²) in [5, 5.41) is 13.5. The van der Waals surface area contributed by atoms with E-state index in [0.717, 1.165) is 11.3 Å². The lowest BCUT2D eigenvalue weighted by Crippen LogP contribution is -2.61. The van der Waals surface area contributed by atoms with Crippen LogP contribution in [0.2, 0.25) is 5.02 Å². The molecule has 1 fully saturated rings. The van der Waals surface area contributed by atoms with E-state index in [1.807, 2.05) is 6.07 Å². The second-order valence-electron chi connectivity index (χ2n) is 4.61. The third kappa shape index (κ3) is 3.25. The van der Waals surface area contributed by atoms with E-state index in [2.05, 4.69) is 10.6 Å². The molecule has 0 bridgehead atoms. The van der Waals surface area contributed by atoms with Gasteiger partial charge in [-0.25, -0.2) is 9.59 Å². The van der Waals surface area contributed by atoms with E-state index in [-0.39, 0.29) is 0 Å². The number of carboxylic acid groups (broad SMARTS) is 1. The summed E-state index contributed by atoms with van der Waals surface area (Å²) in [6.07, 6.45) is -5.49. The first kappa shape index (κ1) is 16.4. The number of carbonyl (C=O) groups is 2. The van der Waals surface area contributed by atoms with Gasteiger partial charge in [-0.15, -0.1) is 0 Å². The summed E-state index contributed by atoms with van der Waals surface area (Å²) in [7, 11) is 0. The third-order valence-electron chi connectivity index (χ3n) is 3.06. The van der Waals surface area contributed by atoms with Gasteiger partial charge in [0.2, 0.25) is 0 Å². The van der Waals surface area contributed by atoms with Gasteiger partial charge in [0, 0.05) is 23.7 Å². The number of rotatable bonds is 0. The Kier molecular flexibility index (Phi) is 4.21. The molecule has 0 unspecified atom stereocenters. The van der Waals surface area contributed by atoms with E-state index >= 15 is 0 Å². The molecule has 0 radical (unpaired) electrons.